The molecule has 3 rings (SSSR count). The maximum Gasteiger partial charge on any atom is 0.183 e. The minimum atomic E-state index is 0.156. The zero-order valence-electron chi connectivity index (χ0n) is 14.3. The molecule has 4 nitrogen and oxygen atoms in total. The van der Waals surface area contributed by atoms with E-state index in [1.54, 1.807) is 0 Å². The molecule has 1 N–H and O–H groups in total. The lowest BCUT2D eigenvalue weighted by atomic mass is 10.0. The lowest BCUT2D eigenvalue weighted by Gasteiger charge is -2.12. The van der Waals surface area contributed by atoms with Gasteiger partial charge in [-0.15, -0.1) is 0 Å². The zero-order chi connectivity index (χ0) is 16.1. The first-order valence-electron chi connectivity index (χ1n) is 8.91. The van der Waals surface area contributed by atoms with Gasteiger partial charge in [-0.3, -0.25) is 5.32 Å². The van der Waals surface area contributed by atoms with Crippen LogP contribution in [0.15, 0.2) is 29.3 Å². The summed E-state index contributed by atoms with van der Waals surface area (Å²) in [6.07, 6.45) is 5.15. The molecule has 3 unspecified atom stereocenters. The standard InChI is InChI=1S/C19H28N2O2/c1-3-16-12-22-18(20-16)9-8-14-6-5-7-15(10-14)11-19-21-17(4-2)13-23-19/h5-7,10,16-17,19,21H,3-4,8-9,11-13H2,1-2H3. The van der Waals surface area contributed by atoms with Crippen molar-refractivity contribution in [1.29, 1.82) is 0 Å². The second-order valence-electron chi connectivity index (χ2n) is 6.51. The third-order valence-electron chi connectivity index (χ3n) is 4.69. The Hall–Kier alpha value is -1.39. The van der Waals surface area contributed by atoms with Crippen LogP contribution in [0.5, 0.6) is 0 Å². The molecule has 23 heavy (non-hydrogen) atoms. The number of aryl methyl sites for hydroxylation is 1. The fraction of sp³-hybridized carbons (Fsp3) is 0.632. The largest absolute Gasteiger partial charge is 0.479 e. The molecule has 0 aliphatic carbocycles. The van der Waals surface area contributed by atoms with E-state index in [0.29, 0.717) is 12.1 Å². The molecule has 0 saturated carbocycles. The van der Waals surface area contributed by atoms with Gasteiger partial charge in [-0.05, 0) is 30.4 Å². The van der Waals surface area contributed by atoms with Crippen molar-refractivity contribution >= 4 is 5.90 Å². The van der Waals surface area contributed by atoms with Crippen molar-refractivity contribution in [3.8, 4) is 0 Å². The highest BCUT2D eigenvalue weighted by Crippen LogP contribution is 2.16. The molecule has 0 spiro atoms. The Morgan fingerprint density at radius 3 is 2.74 bits per heavy atom. The average molecular weight is 316 g/mol. The monoisotopic (exact) mass is 316 g/mol. The van der Waals surface area contributed by atoms with Crippen LogP contribution in [0.25, 0.3) is 0 Å². The lowest BCUT2D eigenvalue weighted by Crippen LogP contribution is -2.31. The van der Waals surface area contributed by atoms with E-state index in [1.165, 1.54) is 11.1 Å². The summed E-state index contributed by atoms with van der Waals surface area (Å²) in [4.78, 5) is 4.61. The van der Waals surface area contributed by atoms with Crippen molar-refractivity contribution < 1.29 is 9.47 Å². The summed E-state index contributed by atoms with van der Waals surface area (Å²) in [5.74, 6) is 0.925. The number of hydrogen-bond acceptors (Lipinski definition) is 4. The van der Waals surface area contributed by atoms with E-state index in [9.17, 15) is 0 Å². The highest BCUT2D eigenvalue weighted by Gasteiger charge is 2.23. The minimum absolute atomic E-state index is 0.156. The highest BCUT2D eigenvalue weighted by atomic mass is 16.5. The fourth-order valence-corrected chi connectivity index (χ4v) is 3.14. The molecule has 0 aromatic heterocycles. The first-order chi connectivity index (χ1) is 11.3. The molecule has 4 heteroatoms. The number of benzene rings is 1. The van der Waals surface area contributed by atoms with Crippen LogP contribution in [0.1, 0.15) is 44.2 Å². The first-order valence-corrected chi connectivity index (χ1v) is 8.91. The van der Waals surface area contributed by atoms with Crippen LogP contribution in [0, 0.1) is 0 Å². The van der Waals surface area contributed by atoms with Crippen molar-refractivity contribution in [3.05, 3.63) is 35.4 Å². The van der Waals surface area contributed by atoms with Gasteiger partial charge in [0.1, 0.15) is 12.8 Å². The average Bonchev–Trinajstić information content (AvgIpc) is 3.22. The summed E-state index contributed by atoms with van der Waals surface area (Å²) in [7, 11) is 0. The summed E-state index contributed by atoms with van der Waals surface area (Å²) in [5.41, 5.74) is 2.68. The van der Waals surface area contributed by atoms with Gasteiger partial charge in [0.2, 0.25) is 0 Å². The Kier molecular flexibility index (Phi) is 5.68. The highest BCUT2D eigenvalue weighted by molar-refractivity contribution is 5.77. The van der Waals surface area contributed by atoms with Gasteiger partial charge in [0.05, 0.1) is 12.6 Å². The van der Waals surface area contributed by atoms with Gasteiger partial charge in [0.15, 0.2) is 5.90 Å². The summed E-state index contributed by atoms with van der Waals surface area (Å²) in [6, 6.07) is 9.68. The molecule has 3 atom stereocenters. The quantitative estimate of drug-likeness (QED) is 0.840. The van der Waals surface area contributed by atoms with E-state index in [1.807, 2.05) is 0 Å². The molecule has 1 fully saturated rings. The molecule has 0 amide bonds. The first kappa shape index (κ1) is 16.5. The van der Waals surface area contributed by atoms with Gasteiger partial charge >= 0.3 is 0 Å². The van der Waals surface area contributed by atoms with Gasteiger partial charge in [-0.25, -0.2) is 4.99 Å². The van der Waals surface area contributed by atoms with E-state index < -0.39 is 0 Å². The van der Waals surface area contributed by atoms with Gasteiger partial charge in [-0.1, -0.05) is 38.1 Å². The van der Waals surface area contributed by atoms with E-state index in [0.717, 1.165) is 51.2 Å². The third-order valence-corrected chi connectivity index (χ3v) is 4.69. The van der Waals surface area contributed by atoms with Crippen LogP contribution in [-0.2, 0) is 22.3 Å². The SMILES string of the molecule is CCC1COC(CCc2cccc(CC3NC(CC)CO3)c2)=N1. The van der Waals surface area contributed by atoms with Crippen LogP contribution in [0.3, 0.4) is 0 Å². The van der Waals surface area contributed by atoms with Crippen LogP contribution in [-0.4, -0.2) is 37.4 Å². The number of rotatable bonds is 7. The lowest BCUT2D eigenvalue weighted by molar-refractivity contribution is 0.100. The molecule has 2 aliphatic heterocycles. The van der Waals surface area contributed by atoms with Crippen molar-refractivity contribution in [2.45, 2.75) is 64.3 Å². The molecule has 1 aromatic carbocycles. The van der Waals surface area contributed by atoms with Crippen LogP contribution < -0.4 is 5.32 Å². The Balaban J connectivity index is 1.51. The summed E-state index contributed by atoms with van der Waals surface area (Å²) < 4.78 is 11.5. The van der Waals surface area contributed by atoms with Crippen molar-refractivity contribution in [1.82, 2.24) is 5.32 Å². The predicted molar refractivity (Wildman–Crippen MR) is 92.9 cm³/mol. The predicted octanol–water partition coefficient (Wildman–Crippen LogP) is 3.09. The number of nitrogens with zero attached hydrogens (tertiary/aromatic N) is 1. The van der Waals surface area contributed by atoms with Gasteiger partial charge in [0, 0.05) is 18.9 Å². The van der Waals surface area contributed by atoms with Crippen molar-refractivity contribution in [2.24, 2.45) is 4.99 Å². The summed E-state index contributed by atoms with van der Waals surface area (Å²) in [6.45, 7) is 5.94. The van der Waals surface area contributed by atoms with Gasteiger partial charge in [-0.2, -0.15) is 0 Å². The Morgan fingerprint density at radius 2 is 2.00 bits per heavy atom. The van der Waals surface area contributed by atoms with Crippen LogP contribution in [0.2, 0.25) is 0 Å². The maximum absolute atomic E-state index is 5.82. The second kappa shape index (κ2) is 7.93. The second-order valence-corrected chi connectivity index (χ2v) is 6.51. The fourth-order valence-electron chi connectivity index (χ4n) is 3.14. The third kappa shape index (κ3) is 4.55. The smallest absolute Gasteiger partial charge is 0.183 e. The Morgan fingerprint density at radius 1 is 1.13 bits per heavy atom. The molecule has 126 valence electrons. The molecular formula is C19H28N2O2. The van der Waals surface area contributed by atoms with Crippen molar-refractivity contribution in [2.75, 3.05) is 13.2 Å². The number of aliphatic imine (C=N–C) groups is 1. The number of nitrogens with one attached hydrogen (secondary N) is 1. The summed E-state index contributed by atoms with van der Waals surface area (Å²) in [5, 5.41) is 3.54. The molecule has 0 bridgehead atoms. The number of ether oxygens (including phenoxy) is 2. The number of hydrogen-bond donors (Lipinski definition) is 1. The Bertz CT molecular complexity index is 544. The zero-order valence-corrected chi connectivity index (χ0v) is 14.3. The molecule has 0 radical (unpaired) electrons. The Labute approximate surface area is 139 Å². The minimum Gasteiger partial charge on any atom is -0.479 e. The van der Waals surface area contributed by atoms with Crippen LogP contribution in [0.4, 0.5) is 0 Å². The topological polar surface area (TPSA) is 42.8 Å². The molecule has 1 aromatic rings. The normalized spacial score (nSPS) is 27.0. The van der Waals surface area contributed by atoms with Gasteiger partial charge < -0.3 is 9.47 Å². The van der Waals surface area contributed by atoms with E-state index >= 15 is 0 Å². The van der Waals surface area contributed by atoms with Crippen molar-refractivity contribution in [3.63, 3.8) is 0 Å². The van der Waals surface area contributed by atoms with E-state index in [2.05, 4.69) is 48.4 Å². The van der Waals surface area contributed by atoms with E-state index in [4.69, 9.17) is 9.47 Å². The maximum atomic E-state index is 5.82. The summed E-state index contributed by atoms with van der Waals surface area (Å²) >= 11 is 0. The molecule has 1 saturated heterocycles. The molecule has 2 heterocycles. The van der Waals surface area contributed by atoms with E-state index in [-0.39, 0.29) is 6.23 Å². The van der Waals surface area contributed by atoms with Crippen LogP contribution >= 0.6 is 0 Å². The molecule has 2 aliphatic rings. The molecular weight excluding hydrogens is 288 g/mol. The van der Waals surface area contributed by atoms with Gasteiger partial charge in [0.25, 0.3) is 0 Å².